The van der Waals surface area contributed by atoms with Crippen molar-refractivity contribution >= 4 is 23.4 Å². The summed E-state index contributed by atoms with van der Waals surface area (Å²) in [5.41, 5.74) is 2.07. The molecule has 6 nitrogen and oxygen atoms in total. The number of nitrogens with one attached hydrogen (secondary N) is 1. The van der Waals surface area contributed by atoms with E-state index in [9.17, 15) is 4.79 Å². The predicted octanol–water partition coefficient (Wildman–Crippen LogP) is 3.34. The third kappa shape index (κ3) is 4.34. The van der Waals surface area contributed by atoms with Gasteiger partial charge in [0.05, 0.1) is 5.25 Å². The number of nitrogens with zero attached hydrogens (tertiary/aromatic N) is 3. The van der Waals surface area contributed by atoms with E-state index in [1.165, 1.54) is 17.4 Å². The number of hydrogen-bond acceptors (Lipinski definition) is 6. The van der Waals surface area contributed by atoms with E-state index in [2.05, 4.69) is 46.4 Å². The summed E-state index contributed by atoms with van der Waals surface area (Å²) < 4.78 is 5.76. The van der Waals surface area contributed by atoms with Gasteiger partial charge in [-0.15, -0.1) is 10.2 Å². The first kappa shape index (κ1) is 17.8. The zero-order valence-corrected chi connectivity index (χ0v) is 15.5. The first-order valence-corrected chi connectivity index (χ1v) is 9.72. The molecule has 1 amide bonds. The van der Waals surface area contributed by atoms with Gasteiger partial charge in [0.15, 0.2) is 0 Å². The van der Waals surface area contributed by atoms with Crippen molar-refractivity contribution < 1.29 is 9.21 Å². The second kappa shape index (κ2) is 8.38. The summed E-state index contributed by atoms with van der Waals surface area (Å²) in [6, 6.07) is 8.12. The van der Waals surface area contributed by atoms with Gasteiger partial charge in [-0.3, -0.25) is 4.79 Å². The number of amides is 1. The molecule has 0 unspecified atom stereocenters. The van der Waals surface area contributed by atoms with Crippen molar-refractivity contribution in [2.75, 3.05) is 24.5 Å². The van der Waals surface area contributed by atoms with Crippen molar-refractivity contribution in [3.05, 3.63) is 24.3 Å². The predicted molar refractivity (Wildman–Crippen MR) is 99.8 cm³/mol. The zero-order chi connectivity index (χ0) is 17.6. The molecule has 2 aromatic rings. The van der Waals surface area contributed by atoms with Gasteiger partial charge in [0.1, 0.15) is 0 Å². The number of carbonyl (C=O) groups is 1. The quantitative estimate of drug-likeness (QED) is 0.852. The van der Waals surface area contributed by atoms with E-state index in [1.807, 2.05) is 12.1 Å². The van der Waals surface area contributed by atoms with E-state index in [0.29, 0.717) is 11.1 Å². The average molecular weight is 360 g/mol. The van der Waals surface area contributed by atoms with E-state index in [4.69, 9.17) is 4.42 Å². The normalized spacial score (nSPS) is 17.8. The maximum absolute atomic E-state index is 12.0. The van der Waals surface area contributed by atoms with Crippen LogP contribution < -0.4 is 10.2 Å². The maximum Gasteiger partial charge on any atom is 0.277 e. The number of benzene rings is 1. The molecule has 7 heteroatoms. The van der Waals surface area contributed by atoms with Crippen LogP contribution in [0.1, 0.15) is 33.1 Å². The monoisotopic (exact) mass is 360 g/mol. The number of anilines is 1. The molecular formula is C18H24N4O2S. The lowest BCUT2D eigenvalue weighted by molar-refractivity contribution is -0.120. The summed E-state index contributed by atoms with van der Waals surface area (Å²) in [5, 5.41) is 11.5. The standard InChI is InChI=1S/C18H24N4O2S/c1-3-22(4-2)14-10-8-13(9-11-14)17-20-21-18(24-17)25-15-7-5-6-12-19-16(15)23/h8-11,15H,3-7,12H2,1-2H3,(H,19,23)/t15-/m0/s1. The Bertz CT molecular complexity index is 697. The molecule has 0 bridgehead atoms. The van der Waals surface area contributed by atoms with Gasteiger partial charge in [0, 0.05) is 30.9 Å². The lowest BCUT2D eigenvalue weighted by Crippen LogP contribution is -2.30. The summed E-state index contributed by atoms with van der Waals surface area (Å²) in [4.78, 5) is 14.3. The van der Waals surface area contributed by atoms with E-state index in [-0.39, 0.29) is 11.2 Å². The van der Waals surface area contributed by atoms with Crippen LogP contribution in [0.25, 0.3) is 11.5 Å². The number of carbonyl (C=O) groups excluding carboxylic acids is 1. The number of rotatable bonds is 6. The zero-order valence-electron chi connectivity index (χ0n) is 14.7. The van der Waals surface area contributed by atoms with Crippen molar-refractivity contribution in [3.8, 4) is 11.5 Å². The molecule has 1 aromatic carbocycles. The third-order valence-corrected chi connectivity index (χ3v) is 5.48. The SMILES string of the molecule is CCN(CC)c1ccc(-c2nnc(S[C@H]3CCCCNC3=O)o2)cc1. The molecule has 2 heterocycles. The van der Waals surface area contributed by atoms with Crippen molar-refractivity contribution in [1.82, 2.24) is 15.5 Å². The van der Waals surface area contributed by atoms with Crippen LogP contribution in [0.4, 0.5) is 5.69 Å². The molecule has 1 aliphatic heterocycles. The van der Waals surface area contributed by atoms with Crippen LogP contribution in [0.3, 0.4) is 0 Å². The first-order valence-electron chi connectivity index (χ1n) is 8.84. The van der Waals surface area contributed by atoms with Gasteiger partial charge >= 0.3 is 0 Å². The van der Waals surface area contributed by atoms with Gasteiger partial charge in [-0.25, -0.2) is 0 Å². The Morgan fingerprint density at radius 1 is 1.20 bits per heavy atom. The van der Waals surface area contributed by atoms with Crippen LogP contribution in [-0.2, 0) is 4.79 Å². The molecule has 134 valence electrons. The fourth-order valence-corrected chi connectivity index (χ4v) is 3.86. The molecule has 1 aromatic heterocycles. The van der Waals surface area contributed by atoms with Crippen molar-refractivity contribution in [2.45, 2.75) is 43.6 Å². The minimum absolute atomic E-state index is 0.0609. The largest absolute Gasteiger partial charge is 0.411 e. The Morgan fingerprint density at radius 2 is 1.96 bits per heavy atom. The first-order chi connectivity index (χ1) is 12.2. The molecule has 3 rings (SSSR count). The molecule has 0 saturated carbocycles. The fourth-order valence-electron chi connectivity index (χ4n) is 2.92. The highest BCUT2D eigenvalue weighted by Gasteiger charge is 2.24. The van der Waals surface area contributed by atoms with Gasteiger partial charge < -0.3 is 14.6 Å². The Balaban J connectivity index is 1.69. The van der Waals surface area contributed by atoms with E-state index >= 15 is 0 Å². The Kier molecular flexibility index (Phi) is 5.96. The molecule has 0 radical (unpaired) electrons. The van der Waals surface area contributed by atoms with E-state index < -0.39 is 0 Å². The van der Waals surface area contributed by atoms with Crippen LogP contribution in [0.5, 0.6) is 0 Å². The van der Waals surface area contributed by atoms with Crippen molar-refractivity contribution in [2.24, 2.45) is 0 Å². The molecule has 0 aliphatic carbocycles. The summed E-state index contributed by atoms with van der Waals surface area (Å²) in [7, 11) is 0. The number of aromatic nitrogens is 2. The molecule has 1 saturated heterocycles. The second-order valence-corrected chi connectivity index (χ2v) is 7.14. The Hall–Kier alpha value is -2.02. The fraction of sp³-hybridized carbons (Fsp3) is 0.500. The summed E-state index contributed by atoms with van der Waals surface area (Å²) in [5.74, 6) is 0.549. The van der Waals surface area contributed by atoms with Crippen LogP contribution in [0.2, 0.25) is 0 Å². The summed E-state index contributed by atoms with van der Waals surface area (Å²) in [6.45, 7) is 6.98. The Morgan fingerprint density at radius 3 is 2.68 bits per heavy atom. The highest BCUT2D eigenvalue weighted by atomic mass is 32.2. The van der Waals surface area contributed by atoms with Crippen LogP contribution in [-0.4, -0.2) is 41.0 Å². The minimum atomic E-state index is -0.152. The molecule has 25 heavy (non-hydrogen) atoms. The lowest BCUT2D eigenvalue weighted by Gasteiger charge is -2.20. The molecule has 1 N–H and O–H groups in total. The van der Waals surface area contributed by atoms with Crippen LogP contribution in [0.15, 0.2) is 33.9 Å². The molecule has 1 aliphatic rings. The second-order valence-electron chi connectivity index (χ2n) is 5.99. The van der Waals surface area contributed by atoms with Gasteiger partial charge in [-0.1, -0.05) is 18.2 Å². The third-order valence-electron chi connectivity index (χ3n) is 4.38. The van der Waals surface area contributed by atoms with Gasteiger partial charge in [0.2, 0.25) is 11.8 Å². The smallest absolute Gasteiger partial charge is 0.277 e. The minimum Gasteiger partial charge on any atom is -0.411 e. The molecular weight excluding hydrogens is 336 g/mol. The molecule has 0 spiro atoms. The van der Waals surface area contributed by atoms with Crippen molar-refractivity contribution in [1.29, 1.82) is 0 Å². The highest BCUT2D eigenvalue weighted by molar-refractivity contribution is 8.00. The Labute approximate surface area is 152 Å². The lowest BCUT2D eigenvalue weighted by atomic mass is 10.2. The summed E-state index contributed by atoms with van der Waals surface area (Å²) in [6.07, 6.45) is 2.90. The summed E-state index contributed by atoms with van der Waals surface area (Å²) >= 11 is 1.36. The van der Waals surface area contributed by atoms with E-state index in [1.54, 1.807) is 0 Å². The van der Waals surface area contributed by atoms with Gasteiger partial charge in [-0.2, -0.15) is 0 Å². The van der Waals surface area contributed by atoms with Gasteiger partial charge in [0.25, 0.3) is 5.22 Å². The molecule has 1 atom stereocenters. The number of thioether (sulfide) groups is 1. The van der Waals surface area contributed by atoms with Crippen LogP contribution in [0, 0.1) is 0 Å². The molecule has 1 fully saturated rings. The highest BCUT2D eigenvalue weighted by Crippen LogP contribution is 2.30. The van der Waals surface area contributed by atoms with Gasteiger partial charge in [-0.05, 0) is 51.0 Å². The topological polar surface area (TPSA) is 71.3 Å². The number of hydrogen-bond donors (Lipinski definition) is 1. The van der Waals surface area contributed by atoms with E-state index in [0.717, 1.165) is 44.5 Å². The maximum atomic E-state index is 12.0. The van der Waals surface area contributed by atoms with Crippen LogP contribution >= 0.6 is 11.8 Å². The van der Waals surface area contributed by atoms with Crippen molar-refractivity contribution in [3.63, 3.8) is 0 Å². The average Bonchev–Trinajstić information content (AvgIpc) is 3.01.